The summed E-state index contributed by atoms with van der Waals surface area (Å²) in [5, 5.41) is 12.9. The van der Waals surface area contributed by atoms with Gasteiger partial charge in [-0.15, -0.1) is 0 Å². The van der Waals surface area contributed by atoms with Crippen molar-refractivity contribution in [2.24, 2.45) is 0 Å². The number of fused-ring (bicyclic) bond motifs is 17. The van der Waals surface area contributed by atoms with Gasteiger partial charge in [-0.1, -0.05) is 222 Å². The van der Waals surface area contributed by atoms with E-state index in [-0.39, 0.29) is 10.8 Å². The van der Waals surface area contributed by atoms with Crippen LogP contribution in [0.1, 0.15) is 49.9 Å². The van der Waals surface area contributed by atoms with Crippen molar-refractivity contribution in [2.75, 3.05) is 0 Å². The van der Waals surface area contributed by atoms with Gasteiger partial charge in [0, 0.05) is 10.8 Å². The van der Waals surface area contributed by atoms with E-state index >= 15 is 0 Å². The molecule has 2 aliphatic carbocycles. The standard InChI is InChI=1S/C68H48/c1-67(2)61-27-15-13-23-53(61)55-35-31-43(39-63(55)67)47-19-7-5-17-45(47)41-29-33-51-52-34-30-42(38-60(52)66-58-26-12-10-22-50(58)49-21-9-11-25-57(49)65(66)59(51)37-41)46-18-6-8-20-48(46)44-32-36-56-54-24-14-16-28-62(54)68(3,4)64(56)40-44/h5-40H,1-4H3. The van der Waals surface area contributed by atoms with Gasteiger partial charge in [-0.25, -0.2) is 0 Å². The van der Waals surface area contributed by atoms with Gasteiger partial charge in [0.2, 0.25) is 0 Å². The first kappa shape index (κ1) is 39.1. The first-order valence-corrected chi connectivity index (χ1v) is 24.2. The maximum Gasteiger partial charge on any atom is 0.0159 e. The van der Waals surface area contributed by atoms with Crippen LogP contribution in [0.15, 0.2) is 218 Å². The summed E-state index contributed by atoms with van der Waals surface area (Å²) in [6.45, 7) is 9.48. The molecule has 12 aromatic carbocycles. The Bertz CT molecular complexity index is 3870. The van der Waals surface area contributed by atoms with Crippen molar-refractivity contribution in [3.63, 3.8) is 0 Å². The highest BCUT2D eigenvalue weighted by atomic mass is 14.4. The van der Waals surface area contributed by atoms with Crippen LogP contribution in [-0.4, -0.2) is 0 Å². The molecule has 68 heavy (non-hydrogen) atoms. The zero-order valence-corrected chi connectivity index (χ0v) is 38.8. The minimum Gasteiger partial charge on any atom is -0.0619 e. The third-order valence-corrected chi connectivity index (χ3v) is 16.1. The summed E-state index contributed by atoms with van der Waals surface area (Å²) < 4.78 is 0. The molecule has 0 saturated heterocycles. The third kappa shape index (κ3) is 5.43. The molecule has 0 aromatic heterocycles. The lowest BCUT2D eigenvalue weighted by molar-refractivity contribution is 0.660. The zero-order valence-electron chi connectivity index (χ0n) is 38.8. The Morgan fingerprint density at radius 2 is 0.485 bits per heavy atom. The maximum absolute atomic E-state index is 2.49. The average Bonchev–Trinajstić information content (AvgIpc) is 3.76. The quantitative estimate of drug-likeness (QED) is 0.155. The number of hydrogen-bond donors (Lipinski definition) is 0. The molecule has 0 spiro atoms. The lowest BCUT2D eigenvalue weighted by Crippen LogP contribution is -2.14. The van der Waals surface area contributed by atoms with Gasteiger partial charge in [-0.05, 0) is 167 Å². The zero-order chi connectivity index (χ0) is 45.5. The molecule has 0 fully saturated rings. The number of benzene rings is 12. The van der Waals surface area contributed by atoms with Crippen LogP contribution in [0.4, 0.5) is 0 Å². The normalized spacial score (nSPS) is 14.1. The van der Waals surface area contributed by atoms with Crippen LogP contribution in [0.3, 0.4) is 0 Å². The van der Waals surface area contributed by atoms with E-state index in [4.69, 9.17) is 0 Å². The minimum atomic E-state index is -0.0718. The molecule has 12 aromatic rings. The van der Waals surface area contributed by atoms with Crippen LogP contribution < -0.4 is 0 Å². The molecule has 0 saturated carbocycles. The Morgan fingerprint density at radius 3 is 0.882 bits per heavy atom. The fraction of sp³-hybridized carbons (Fsp3) is 0.0882. The molecule has 0 atom stereocenters. The molecule has 0 N–H and O–H groups in total. The summed E-state index contributed by atoms with van der Waals surface area (Å²) in [6, 6.07) is 82.7. The van der Waals surface area contributed by atoms with Gasteiger partial charge in [0.05, 0.1) is 0 Å². The molecule has 2 aliphatic rings. The summed E-state index contributed by atoms with van der Waals surface area (Å²) in [6.07, 6.45) is 0. The van der Waals surface area contributed by atoms with Gasteiger partial charge >= 0.3 is 0 Å². The van der Waals surface area contributed by atoms with E-state index in [9.17, 15) is 0 Å². The highest BCUT2D eigenvalue weighted by Crippen LogP contribution is 2.53. The Morgan fingerprint density at radius 1 is 0.206 bits per heavy atom. The van der Waals surface area contributed by atoms with Crippen molar-refractivity contribution in [3.05, 3.63) is 241 Å². The van der Waals surface area contributed by atoms with E-state index in [1.807, 2.05) is 0 Å². The molecule has 0 heterocycles. The van der Waals surface area contributed by atoms with Crippen molar-refractivity contribution in [1.82, 2.24) is 0 Å². The second-order valence-electron chi connectivity index (χ2n) is 20.3. The van der Waals surface area contributed by atoms with E-state index in [1.54, 1.807) is 0 Å². The smallest absolute Gasteiger partial charge is 0.0159 e. The molecule has 0 bridgehead atoms. The summed E-state index contributed by atoms with van der Waals surface area (Å²) in [5.74, 6) is 0. The summed E-state index contributed by atoms with van der Waals surface area (Å²) in [4.78, 5) is 0. The van der Waals surface area contributed by atoms with Crippen molar-refractivity contribution in [3.8, 4) is 66.8 Å². The summed E-state index contributed by atoms with van der Waals surface area (Å²) in [7, 11) is 0. The Labute approximate surface area is 397 Å². The molecule has 0 amide bonds. The van der Waals surface area contributed by atoms with Crippen LogP contribution >= 0.6 is 0 Å². The third-order valence-electron chi connectivity index (χ3n) is 16.1. The average molecular weight is 865 g/mol. The second-order valence-corrected chi connectivity index (χ2v) is 20.3. The molecular weight excluding hydrogens is 817 g/mol. The fourth-order valence-electron chi connectivity index (χ4n) is 12.7. The predicted octanol–water partition coefficient (Wildman–Crippen LogP) is 18.7. The molecule has 320 valence electrons. The van der Waals surface area contributed by atoms with Gasteiger partial charge in [0.25, 0.3) is 0 Å². The van der Waals surface area contributed by atoms with Crippen molar-refractivity contribution >= 4 is 53.9 Å². The molecule has 0 unspecified atom stereocenters. The highest BCUT2D eigenvalue weighted by Gasteiger charge is 2.36. The summed E-state index contributed by atoms with van der Waals surface area (Å²) in [5.41, 5.74) is 20.8. The monoisotopic (exact) mass is 864 g/mol. The largest absolute Gasteiger partial charge is 0.0619 e. The predicted molar refractivity (Wildman–Crippen MR) is 291 cm³/mol. The van der Waals surface area contributed by atoms with Gasteiger partial charge in [-0.2, -0.15) is 0 Å². The van der Waals surface area contributed by atoms with Crippen LogP contribution in [-0.2, 0) is 10.8 Å². The minimum absolute atomic E-state index is 0.0718. The SMILES string of the molecule is CC1(C)c2ccccc2-c2ccc(-c3ccccc3-c3ccc4c5ccc(-c6ccccc6-c6ccc7c(c6)C(C)(C)c6ccccc6-7)cc5c5c6ccccc6c6ccccc6c5c4c3)cc21. The molecule has 0 heteroatoms. The lowest BCUT2D eigenvalue weighted by Gasteiger charge is -2.22. The first-order valence-electron chi connectivity index (χ1n) is 24.2. The topological polar surface area (TPSA) is 0 Å². The van der Waals surface area contributed by atoms with E-state index in [0.717, 1.165) is 0 Å². The Balaban J connectivity index is 0.986. The van der Waals surface area contributed by atoms with Crippen molar-refractivity contribution in [1.29, 1.82) is 0 Å². The Hall–Kier alpha value is -8.06. The summed E-state index contributed by atoms with van der Waals surface area (Å²) >= 11 is 0. The highest BCUT2D eigenvalue weighted by molar-refractivity contribution is 6.40. The molecule has 14 rings (SSSR count). The Kier molecular flexibility index (Phi) is 8.19. The van der Waals surface area contributed by atoms with Crippen LogP contribution in [0, 0.1) is 0 Å². The first-order chi connectivity index (χ1) is 33.3. The molecule has 0 aliphatic heterocycles. The molecule has 0 nitrogen and oxygen atoms in total. The lowest BCUT2D eigenvalue weighted by atomic mass is 9.81. The van der Waals surface area contributed by atoms with E-state index in [1.165, 1.54) is 143 Å². The van der Waals surface area contributed by atoms with Crippen molar-refractivity contribution in [2.45, 2.75) is 38.5 Å². The van der Waals surface area contributed by atoms with E-state index in [2.05, 4.69) is 246 Å². The van der Waals surface area contributed by atoms with Gasteiger partial charge in [0.15, 0.2) is 0 Å². The fourth-order valence-corrected chi connectivity index (χ4v) is 12.7. The second kappa shape index (κ2) is 14.2. The number of rotatable bonds is 4. The van der Waals surface area contributed by atoms with Crippen LogP contribution in [0.5, 0.6) is 0 Å². The van der Waals surface area contributed by atoms with Crippen LogP contribution in [0.2, 0.25) is 0 Å². The van der Waals surface area contributed by atoms with Gasteiger partial charge in [-0.3, -0.25) is 0 Å². The van der Waals surface area contributed by atoms with Crippen LogP contribution in [0.25, 0.3) is 121 Å². The molecular formula is C68H48. The van der Waals surface area contributed by atoms with Gasteiger partial charge < -0.3 is 0 Å². The van der Waals surface area contributed by atoms with E-state index < -0.39 is 0 Å². The maximum atomic E-state index is 2.49. The number of hydrogen-bond acceptors (Lipinski definition) is 0. The van der Waals surface area contributed by atoms with Gasteiger partial charge in [0.1, 0.15) is 0 Å². The van der Waals surface area contributed by atoms with Crippen molar-refractivity contribution < 1.29 is 0 Å². The van der Waals surface area contributed by atoms with E-state index in [0.29, 0.717) is 0 Å². The molecule has 0 radical (unpaired) electrons.